The Morgan fingerprint density at radius 1 is 1.22 bits per heavy atom. The molecule has 0 bridgehead atoms. The van der Waals surface area contributed by atoms with Gasteiger partial charge in [-0.25, -0.2) is 0 Å². The Hall–Kier alpha value is -0.160. The molecule has 0 spiro atoms. The van der Waals surface area contributed by atoms with Crippen LogP contribution >= 0.6 is 0 Å². The highest BCUT2D eigenvalue weighted by Gasteiger charge is 2.41. The van der Waals surface area contributed by atoms with E-state index in [1.165, 1.54) is 25.8 Å². The highest BCUT2D eigenvalue weighted by Crippen LogP contribution is 2.35. The molecule has 0 aromatic rings. The molecule has 18 heavy (non-hydrogen) atoms. The standard InChI is InChI=1S/C14H27N3O/c1-10-7-13(8-17(10)12-3-4-12)16-5-6-18-14(9-16)11(2)15/h10-14H,3-9,15H2,1-2H3. The fourth-order valence-electron chi connectivity index (χ4n) is 3.55. The first-order valence-electron chi connectivity index (χ1n) is 7.52. The van der Waals surface area contributed by atoms with Crippen molar-refractivity contribution in [3.8, 4) is 0 Å². The quantitative estimate of drug-likeness (QED) is 0.802. The maximum absolute atomic E-state index is 5.98. The van der Waals surface area contributed by atoms with E-state index in [0.29, 0.717) is 0 Å². The summed E-state index contributed by atoms with van der Waals surface area (Å²) in [5, 5.41) is 0. The van der Waals surface area contributed by atoms with Gasteiger partial charge in [-0.3, -0.25) is 9.80 Å². The van der Waals surface area contributed by atoms with Crippen LogP contribution in [0.4, 0.5) is 0 Å². The van der Waals surface area contributed by atoms with E-state index in [-0.39, 0.29) is 12.1 Å². The van der Waals surface area contributed by atoms with Crippen LogP contribution in [-0.2, 0) is 4.74 Å². The first-order chi connectivity index (χ1) is 8.65. The first kappa shape index (κ1) is 12.9. The van der Waals surface area contributed by atoms with Gasteiger partial charge in [0.15, 0.2) is 0 Å². The SMILES string of the molecule is CC(N)C1CN(C2CC(C)N(C3CC3)C2)CCO1. The number of hydrogen-bond acceptors (Lipinski definition) is 4. The number of nitrogens with zero attached hydrogens (tertiary/aromatic N) is 2. The molecule has 0 amide bonds. The van der Waals surface area contributed by atoms with Crippen molar-refractivity contribution in [2.75, 3.05) is 26.2 Å². The van der Waals surface area contributed by atoms with Crippen LogP contribution in [0.3, 0.4) is 0 Å². The molecule has 4 atom stereocenters. The lowest BCUT2D eigenvalue weighted by Gasteiger charge is -2.38. The lowest BCUT2D eigenvalue weighted by molar-refractivity contribution is -0.0502. The Kier molecular flexibility index (Phi) is 3.63. The second-order valence-electron chi connectivity index (χ2n) is 6.43. The topological polar surface area (TPSA) is 41.7 Å². The van der Waals surface area contributed by atoms with Crippen LogP contribution in [0.25, 0.3) is 0 Å². The number of ether oxygens (including phenoxy) is 1. The van der Waals surface area contributed by atoms with E-state index in [4.69, 9.17) is 10.5 Å². The van der Waals surface area contributed by atoms with Gasteiger partial charge in [-0.1, -0.05) is 0 Å². The van der Waals surface area contributed by atoms with Gasteiger partial charge < -0.3 is 10.5 Å². The summed E-state index contributed by atoms with van der Waals surface area (Å²) >= 11 is 0. The molecule has 4 heteroatoms. The Morgan fingerprint density at radius 2 is 2.00 bits per heavy atom. The Morgan fingerprint density at radius 3 is 2.67 bits per heavy atom. The molecule has 2 saturated heterocycles. The maximum atomic E-state index is 5.98. The van der Waals surface area contributed by atoms with Crippen molar-refractivity contribution in [2.45, 2.75) is 63.4 Å². The molecule has 4 nitrogen and oxygen atoms in total. The van der Waals surface area contributed by atoms with Crippen molar-refractivity contribution < 1.29 is 4.74 Å². The molecule has 0 radical (unpaired) electrons. The zero-order chi connectivity index (χ0) is 12.7. The monoisotopic (exact) mass is 253 g/mol. The molecule has 0 aromatic heterocycles. The summed E-state index contributed by atoms with van der Waals surface area (Å²) in [7, 11) is 0. The zero-order valence-corrected chi connectivity index (χ0v) is 11.7. The van der Waals surface area contributed by atoms with E-state index in [0.717, 1.165) is 37.8 Å². The smallest absolute Gasteiger partial charge is 0.0850 e. The van der Waals surface area contributed by atoms with Gasteiger partial charge in [-0.15, -0.1) is 0 Å². The molecule has 3 aliphatic rings. The molecular weight excluding hydrogens is 226 g/mol. The van der Waals surface area contributed by atoms with Crippen molar-refractivity contribution in [2.24, 2.45) is 5.73 Å². The van der Waals surface area contributed by atoms with Crippen LogP contribution < -0.4 is 5.73 Å². The summed E-state index contributed by atoms with van der Waals surface area (Å²) < 4.78 is 5.76. The van der Waals surface area contributed by atoms with Crippen LogP contribution in [0.5, 0.6) is 0 Å². The molecule has 0 aromatic carbocycles. The summed E-state index contributed by atoms with van der Waals surface area (Å²) in [5.74, 6) is 0. The molecule has 104 valence electrons. The summed E-state index contributed by atoms with van der Waals surface area (Å²) in [5.41, 5.74) is 5.98. The van der Waals surface area contributed by atoms with Crippen molar-refractivity contribution in [1.29, 1.82) is 0 Å². The minimum Gasteiger partial charge on any atom is -0.374 e. The Labute approximate surface area is 110 Å². The predicted octanol–water partition coefficient (Wildman–Crippen LogP) is 0.660. The van der Waals surface area contributed by atoms with Gasteiger partial charge in [0.2, 0.25) is 0 Å². The highest BCUT2D eigenvalue weighted by atomic mass is 16.5. The molecule has 1 aliphatic carbocycles. The predicted molar refractivity (Wildman–Crippen MR) is 72.6 cm³/mol. The van der Waals surface area contributed by atoms with Gasteiger partial charge in [-0.05, 0) is 33.1 Å². The third kappa shape index (κ3) is 2.57. The van der Waals surface area contributed by atoms with Crippen LogP contribution in [0.15, 0.2) is 0 Å². The van der Waals surface area contributed by atoms with E-state index in [1.807, 2.05) is 0 Å². The minimum atomic E-state index is 0.145. The molecule has 3 fully saturated rings. The van der Waals surface area contributed by atoms with Gasteiger partial charge >= 0.3 is 0 Å². The lowest BCUT2D eigenvalue weighted by Crippen LogP contribution is -2.53. The molecule has 2 heterocycles. The average Bonchev–Trinajstić information content (AvgIpc) is 3.13. The van der Waals surface area contributed by atoms with E-state index in [9.17, 15) is 0 Å². The molecule has 2 N–H and O–H groups in total. The number of rotatable bonds is 3. The summed E-state index contributed by atoms with van der Waals surface area (Å²) in [4.78, 5) is 5.34. The van der Waals surface area contributed by atoms with Gasteiger partial charge in [0.25, 0.3) is 0 Å². The van der Waals surface area contributed by atoms with E-state index in [2.05, 4.69) is 23.6 Å². The second kappa shape index (κ2) is 5.08. The molecule has 3 rings (SSSR count). The molecule has 4 unspecified atom stereocenters. The summed E-state index contributed by atoms with van der Waals surface area (Å²) in [6, 6.07) is 2.53. The fourth-order valence-corrected chi connectivity index (χ4v) is 3.55. The largest absolute Gasteiger partial charge is 0.374 e. The molecule has 2 aliphatic heterocycles. The van der Waals surface area contributed by atoms with Crippen LogP contribution in [0, 0.1) is 0 Å². The summed E-state index contributed by atoms with van der Waals surface area (Å²) in [6.45, 7) is 8.66. The Balaban J connectivity index is 1.58. The maximum Gasteiger partial charge on any atom is 0.0850 e. The Bertz CT molecular complexity index is 291. The first-order valence-corrected chi connectivity index (χ1v) is 7.52. The number of nitrogens with two attached hydrogens (primary N) is 1. The van der Waals surface area contributed by atoms with E-state index in [1.54, 1.807) is 0 Å². The van der Waals surface area contributed by atoms with Crippen LogP contribution in [0.2, 0.25) is 0 Å². The van der Waals surface area contributed by atoms with E-state index < -0.39 is 0 Å². The second-order valence-corrected chi connectivity index (χ2v) is 6.43. The average molecular weight is 253 g/mol. The van der Waals surface area contributed by atoms with Gasteiger partial charge in [-0.2, -0.15) is 0 Å². The third-order valence-electron chi connectivity index (χ3n) is 4.84. The number of hydrogen-bond donors (Lipinski definition) is 1. The van der Waals surface area contributed by atoms with Crippen LogP contribution in [0.1, 0.15) is 33.1 Å². The van der Waals surface area contributed by atoms with Gasteiger partial charge in [0, 0.05) is 43.8 Å². The normalized spacial score (nSPS) is 41.2. The summed E-state index contributed by atoms with van der Waals surface area (Å²) in [6.07, 6.45) is 4.39. The van der Waals surface area contributed by atoms with Gasteiger partial charge in [0.1, 0.15) is 0 Å². The highest BCUT2D eigenvalue weighted by molar-refractivity contribution is 4.97. The van der Waals surface area contributed by atoms with Crippen LogP contribution in [-0.4, -0.2) is 66.3 Å². The molecule has 1 saturated carbocycles. The minimum absolute atomic E-state index is 0.145. The molecular formula is C14H27N3O. The van der Waals surface area contributed by atoms with Crippen molar-refractivity contribution in [3.63, 3.8) is 0 Å². The zero-order valence-electron chi connectivity index (χ0n) is 11.7. The fraction of sp³-hybridized carbons (Fsp3) is 1.00. The lowest BCUT2D eigenvalue weighted by atomic mass is 10.1. The van der Waals surface area contributed by atoms with Crippen molar-refractivity contribution in [1.82, 2.24) is 9.80 Å². The number of morpholine rings is 1. The van der Waals surface area contributed by atoms with E-state index >= 15 is 0 Å². The van der Waals surface area contributed by atoms with Gasteiger partial charge in [0.05, 0.1) is 12.7 Å². The number of likely N-dealkylation sites (tertiary alicyclic amines) is 1. The van der Waals surface area contributed by atoms with Crippen molar-refractivity contribution >= 4 is 0 Å². The third-order valence-corrected chi connectivity index (χ3v) is 4.84. The van der Waals surface area contributed by atoms with Crippen molar-refractivity contribution in [3.05, 3.63) is 0 Å².